The van der Waals surface area contributed by atoms with Gasteiger partial charge in [-0.15, -0.1) is 45.3 Å². The van der Waals surface area contributed by atoms with E-state index >= 15 is 0 Å². The number of aromatic amines is 1. The molecule has 2 aliphatic heterocycles. The molecule has 3 N–H and O–H groups in total. The third kappa shape index (κ3) is 5.52. The predicted octanol–water partition coefficient (Wildman–Crippen LogP) is 2.52. The number of thioether (sulfide) groups is 4. The number of aliphatic carboxylic acids is 1. The quantitative estimate of drug-likeness (QED) is 0.141. The molecule has 1 fully saturated rings. The number of H-pyrrole nitrogens is 1. The third-order valence-corrected chi connectivity index (χ3v) is 10.6. The van der Waals surface area contributed by atoms with Crippen molar-refractivity contribution in [1.82, 2.24) is 30.4 Å². The molecule has 2 aliphatic rings. The highest BCUT2D eigenvalue weighted by Crippen LogP contribution is 2.44. The maximum absolute atomic E-state index is 12.9. The maximum atomic E-state index is 12.9. The van der Waals surface area contributed by atoms with Crippen molar-refractivity contribution in [1.29, 1.82) is 0 Å². The second-order valence-electron chi connectivity index (χ2n) is 7.51. The average Bonchev–Trinajstić information content (AvgIpc) is 3.37. The number of halogens is 2. The van der Waals surface area contributed by atoms with Gasteiger partial charge in [-0.3, -0.25) is 14.5 Å². The Morgan fingerprint density at radius 1 is 1.27 bits per heavy atom. The number of aromatic nitrogens is 5. The Morgan fingerprint density at radius 2 is 2.11 bits per heavy atom. The number of nitrogens with one attached hydrogen (secondary N) is 2. The van der Waals surface area contributed by atoms with Crippen LogP contribution in [-0.2, 0) is 14.4 Å². The van der Waals surface area contributed by atoms with Crippen molar-refractivity contribution in [3.05, 3.63) is 51.5 Å². The Morgan fingerprint density at radius 3 is 2.92 bits per heavy atom. The van der Waals surface area contributed by atoms with Crippen molar-refractivity contribution < 1.29 is 23.9 Å². The van der Waals surface area contributed by atoms with E-state index in [2.05, 4.69) is 25.5 Å². The van der Waals surface area contributed by atoms with Gasteiger partial charge in [0.1, 0.15) is 17.1 Å². The minimum Gasteiger partial charge on any atom is -0.477 e. The van der Waals surface area contributed by atoms with Gasteiger partial charge < -0.3 is 10.4 Å². The smallest absolute Gasteiger partial charge is 0.358 e. The van der Waals surface area contributed by atoms with Gasteiger partial charge in [-0.25, -0.2) is 4.79 Å². The van der Waals surface area contributed by atoms with E-state index in [9.17, 15) is 19.5 Å². The van der Waals surface area contributed by atoms with Crippen molar-refractivity contribution in [3.63, 3.8) is 0 Å². The van der Waals surface area contributed by atoms with Gasteiger partial charge in [0.2, 0.25) is 18.6 Å². The molecule has 2 atom stereocenters. The van der Waals surface area contributed by atoms with Gasteiger partial charge in [0.05, 0.1) is 15.9 Å². The summed E-state index contributed by atoms with van der Waals surface area (Å²) in [5.41, 5.74) is -0.0475. The lowest BCUT2D eigenvalue weighted by Crippen LogP contribution is -2.70. The number of carbonyl (C=O) groups excluding carboxylic acids is 2. The van der Waals surface area contributed by atoms with Crippen LogP contribution in [0.4, 0.5) is 0 Å². The van der Waals surface area contributed by atoms with Gasteiger partial charge >= 0.3 is 11.7 Å². The molecule has 2 amide bonds. The van der Waals surface area contributed by atoms with Crippen LogP contribution in [0.15, 0.2) is 51.5 Å². The molecule has 1 saturated heterocycles. The molecule has 0 spiro atoms. The molecule has 4 heterocycles. The second kappa shape index (κ2) is 11.3. The highest BCUT2D eigenvalue weighted by atomic mass is 35.5. The van der Waals surface area contributed by atoms with Gasteiger partial charge in [0.25, 0.3) is 11.1 Å². The number of carbonyl (C=O) groups is 3. The van der Waals surface area contributed by atoms with E-state index < -0.39 is 23.3 Å². The van der Waals surface area contributed by atoms with Crippen LogP contribution in [0.25, 0.3) is 5.78 Å². The van der Waals surface area contributed by atoms with Gasteiger partial charge in [0, 0.05) is 20.6 Å². The highest BCUT2D eigenvalue weighted by molar-refractivity contribution is 8.18. The minimum absolute atomic E-state index is 0.0339. The molecule has 192 valence electrons. The molecule has 37 heavy (non-hydrogen) atoms. The van der Waals surface area contributed by atoms with Crippen molar-refractivity contribution in [3.8, 4) is 0 Å². The molecule has 0 saturated carbocycles. The van der Waals surface area contributed by atoms with Crippen molar-refractivity contribution >= 4 is 93.8 Å². The molecule has 5 rings (SSSR count). The van der Waals surface area contributed by atoms with Gasteiger partial charge in [-0.2, -0.15) is 9.50 Å². The summed E-state index contributed by atoms with van der Waals surface area (Å²) in [7, 11) is 0. The minimum atomic E-state index is -1.18. The van der Waals surface area contributed by atoms with Gasteiger partial charge in [-0.1, -0.05) is 35.0 Å². The number of nitrogens with zero attached hydrogens (tertiary/aromatic N) is 5. The number of amides is 2. The first-order chi connectivity index (χ1) is 17.8. The first kappa shape index (κ1) is 26.4. The fourth-order valence-electron chi connectivity index (χ4n) is 3.59. The zero-order chi connectivity index (χ0) is 26.1. The summed E-state index contributed by atoms with van der Waals surface area (Å²) >= 11 is 17.5. The molecule has 0 bridgehead atoms. The van der Waals surface area contributed by atoms with Crippen LogP contribution >= 0.6 is 70.2 Å². The monoisotopic (exact) mass is 616 g/mol. The van der Waals surface area contributed by atoms with Crippen molar-refractivity contribution in [2.75, 3.05) is 16.6 Å². The second-order valence-corrected chi connectivity index (χ2v) is 12.9. The topological polar surface area (TPSA) is 145 Å². The molecule has 2 unspecified atom stereocenters. The van der Waals surface area contributed by atoms with E-state index in [4.69, 9.17) is 23.2 Å². The van der Waals surface area contributed by atoms with Crippen LogP contribution in [-0.4, -0.2) is 76.0 Å². The third-order valence-electron chi connectivity index (χ3n) is 5.25. The molecular weight excluding hydrogens is 601 g/mol. The summed E-state index contributed by atoms with van der Waals surface area (Å²) in [5.74, 6) is -1.02. The SMILES string of the molecule is O=C(CSc1cc(Cl)ccc1Cl)NC1C(=O)N2C(C(=O)O)=C(SCSc3ncnc4[nH]nc[n+]34)CSC12. The fourth-order valence-corrected chi connectivity index (χ4v) is 8.57. The Kier molecular flexibility index (Phi) is 8.07. The summed E-state index contributed by atoms with van der Waals surface area (Å²) in [6, 6.07) is 4.17. The maximum Gasteiger partial charge on any atom is 0.358 e. The summed E-state index contributed by atoms with van der Waals surface area (Å²) in [4.78, 5) is 48.3. The number of benzene rings is 1. The molecule has 0 radical (unpaired) electrons. The first-order valence-corrected chi connectivity index (χ1v) is 15.2. The van der Waals surface area contributed by atoms with Crippen molar-refractivity contribution in [2.24, 2.45) is 0 Å². The van der Waals surface area contributed by atoms with E-state index in [1.165, 1.54) is 58.3 Å². The van der Waals surface area contributed by atoms with Crippen LogP contribution in [0.5, 0.6) is 0 Å². The number of β-lactam (4-membered cyclic amide) rings is 1. The Labute approximate surface area is 236 Å². The number of fused-ring (bicyclic) bond motifs is 2. The number of carboxylic acids is 1. The number of hydrogen-bond donors (Lipinski definition) is 3. The Hall–Kier alpha value is -2.17. The first-order valence-electron chi connectivity index (χ1n) is 10.4. The van der Waals surface area contributed by atoms with E-state index in [1.807, 2.05) is 0 Å². The zero-order valence-corrected chi connectivity index (χ0v) is 23.2. The zero-order valence-electron chi connectivity index (χ0n) is 18.5. The molecular formula is C20H16Cl2N7O4S4+. The summed E-state index contributed by atoms with van der Waals surface area (Å²) in [5, 5.41) is 20.9. The van der Waals surface area contributed by atoms with Crippen LogP contribution in [0.1, 0.15) is 0 Å². The molecule has 2 aromatic heterocycles. The molecule has 0 aliphatic carbocycles. The van der Waals surface area contributed by atoms with E-state index in [-0.39, 0.29) is 17.4 Å². The summed E-state index contributed by atoms with van der Waals surface area (Å²) < 4.78 is 1.69. The number of rotatable bonds is 9. The van der Waals surface area contributed by atoms with E-state index in [0.717, 1.165) is 0 Å². The Bertz CT molecular complexity index is 1440. The molecule has 1 aromatic carbocycles. The largest absolute Gasteiger partial charge is 0.477 e. The highest BCUT2D eigenvalue weighted by Gasteiger charge is 2.54. The molecule has 11 nitrogen and oxygen atoms in total. The van der Waals surface area contributed by atoms with Crippen LogP contribution in [0.3, 0.4) is 0 Å². The van der Waals surface area contributed by atoms with Crippen LogP contribution in [0.2, 0.25) is 10.0 Å². The van der Waals surface area contributed by atoms with Crippen LogP contribution in [0, 0.1) is 0 Å². The van der Waals surface area contributed by atoms with Crippen LogP contribution < -0.4 is 9.72 Å². The Balaban J connectivity index is 1.20. The number of carboxylic acid groups (broad SMARTS) is 1. The fraction of sp³-hybridized carbons (Fsp3) is 0.250. The normalized spacial score (nSPS) is 19.1. The lowest BCUT2D eigenvalue weighted by molar-refractivity contribution is -0.563. The lowest BCUT2D eigenvalue weighted by atomic mass is 10.1. The van der Waals surface area contributed by atoms with Crippen molar-refractivity contribution in [2.45, 2.75) is 21.5 Å². The van der Waals surface area contributed by atoms with E-state index in [1.54, 1.807) is 28.9 Å². The van der Waals surface area contributed by atoms with Gasteiger partial charge in [0.15, 0.2) is 0 Å². The molecule has 17 heteroatoms. The summed E-state index contributed by atoms with van der Waals surface area (Å²) in [6.07, 6.45) is 2.97. The van der Waals surface area contributed by atoms with Gasteiger partial charge in [-0.05, 0) is 23.3 Å². The standard InChI is InChI=1S/C20H15Cl2N7O4S4/c21-9-1-2-10(22)11(3-9)34-5-13(30)26-14-16(31)29-15(18(32)33)12(4-35-17(14)29)36-8-37-20-24-6-23-19-27-25-7-28(19)20/h1-3,6-7,14,17H,4-5,8H2,(H2,26,30,32,33)/p+1. The average molecular weight is 618 g/mol. The van der Waals surface area contributed by atoms with E-state index in [0.29, 0.717) is 41.6 Å². The lowest BCUT2D eigenvalue weighted by Gasteiger charge is -2.49. The summed E-state index contributed by atoms with van der Waals surface area (Å²) in [6.45, 7) is 0. The number of hydrogen-bond acceptors (Lipinski definition) is 10. The molecule has 3 aromatic rings. The predicted molar refractivity (Wildman–Crippen MR) is 143 cm³/mol.